The lowest BCUT2D eigenvalue weighted by Crippen LogP contribution is -2.59. The van der Waals surface area contributed by atoms with Crippen LogP contribution in [0.3, 0.4) is 0 Å². The lowest BCUT2D eigenvalue weighted by molar-refractivity contribution is -0.139. The summed E-state index contributed by atoms with van der Waals surface area (Å²) in [6, 6.07) is 0. The summed E-state index contributed by atoms with van der Waals surface area (Å²) in [5.74, 6) is 0.204. The molecule has 1 amide bonds. The molecule has 0 unspecified atom stereocenters. The van der Waals surface area contributed by atoms with Gasteiger partial charge in [-0.3, -0.25) is 4.79 Å². The maximum atomic E-state index is 11.8. The van der Waals surface area contributed by atoms with Gasteiger partial charge in [0.05, 0.1) is 18.8 Å². The van der Waals surface area contributed by atoms with Crippen molar-refractivity contribution in [1.82, 2.24) is 4.90 Å². The molecule has 0 radical (unpaired) electrons. The Kier molecular flexibility index (Phi) is 2.74. The number of piperidine rings is 1. The minimum absolute atomic E-state index is 0.204. The van der Waals surface area contributed by atoms with Crippen LogP contribution in [-0.4, -0.2) is 42.6 Å². The fourth-order valence-electron chi connectivity index (χ4n) is 2.02. The molecule has 0 atom stereocenters. The van der Waals surface area contributed by atoms with Crippen LogP contribution in [0.5, 0.6) is 0 Å². The van der Waals surface area contributed by atoms with Crippen LogP contribution in [0.2, 0.25) is 0 Å². The molecule has 2 heterocycles. The van der Waals surface area contributed by atoms with Crippen LogP contribution < -0.4 is 5.73 Å². The molecule has 2 N–H and O–H groups in total. The molecule has 2 saturated heterocycles. The normalized spacial score (nSPS) is 25.6. The number of amides is 1. The Bertz CT molecular complexity index is 220. The van der Waals surface area contributed by atoms with Crippen molar-refractivity contribution in [2.24, 2.45) is 5.73 Å². The van der Waals surface area contributed by atoms with Crippen molar-refractivity contribution in [2.45, 2.75) is 31.2 Å². The third kappa shape index (κ3) is 2.07. The highest BCUT2D eigenvalue weighted by Gasteiger charge is 2.37. The van der Waals surface area contributed by atoms with Gasteiger partial charge in [0, 0.05) is 19.5 Å². The Balaban J connectivity index is 1.81. The van der Waals surface area contributed by atoms with Gasteiger partial charge in [-0.25, -0.2) is 0 Å². The standard InChI is InChI=1S/C10H18N2O2/c11-10(7-14-8-10)6-9(13)12-4-2-1-3-5-12/h1-8,11H2. The number of carbonyl (C=O) groups is 1. The first kappa shape index (κ1) is 9.93. The molecule has 2 aliphatic heterocycles. The third-order valence-electron chi connectivity index (χ3n) is 2.99. The highest BCUT2D eigenvalue weighted by molar-refractivity contribution is 5.77. The van der Waals surface area contributed by atoms with Crippen molar-refractivity contribution in [1.29, 1.82) is 0 Å². The van der Waals surface area contributed by atoms with Crippen LogP contribution in [0, 0.1) is 0 Å². The number of rotatable bonds is 2. The van der Waals surface area contributed by atoms with E-state index < -0.39 is 0 Å². The van der Waals surface area contributed by atoms with Crippen LogP contribution in [0.15, 0.2) is 0 Å². The molecule has 14 heavy (non-hydrogen) atoms. The SMILES string of the molecule is NC1(CC(=O)N2CCCCC2)COC1. The predicted molar refractivity (Wildman–Crippen MR) is 52.8 cm³/mol. The second-order valence-corrected chi connectivity index (χ2v) is 4.47. The highest BCUT2D eigenvalue weighted by atomic mass is 16.5. The molecule has 4 heteroatoms. The summed E-state index contributed by atoms with van der Waals surface area (Å²) in [6.07, 6.45) is 3.98. The van der Waals surface area contributed by atoms with Gasteiger partial charge in [-0.1, -0.05) is 0 Å². The topological polar surface area (TPSA) is 55.6 Å². The van der Waals surface area contributed by atoms with Crippen molar-refractivity contribution in [3.8, 4) is 0 Å². The van der Waals surface area contributed by atoms with E-state index in [9.17, 15) is 4.79 Å². The van der Waals surface area contributed by atoms with E-state index in [1.54, 1.807) is 0 Å². The average Bonchev–Trinajstić information content (AvgIpc) is 2.17. The van der Waals surface area contributed by atoms with Gasteiger partial charge in [0.15, 0.2) is 0 Å². The highest BCUT2D eigenvalue weighted by Crippen LogP contribution is 2.20. The Morgan fingerprint density at radius 2 is 1.93 bits per heavy atom. The summed E-state index contributed by atoms with van der Waals surface area (Å²) in [5.41, 5.74) is 5.57. The van der Waals surface area contributed by atoms with Crippen LogP contribution in [-0.2, 0) is 9.53 Å². The summed E-state index contributed by atoms with van der Waals surface area (Å²) in [5, 5.41) is 0. The van der Waals surface area contributed by atoms with Gasteiger partial charge in [-0.15, -0.1) is 0 Å². The molecular formula is C10H18N2O2. The summed E-state index contributed by atoms with van der Waals surface area (Å²) in [4.78, 5) is 13.7. The molecule has 2 fully saturated rings. The van der Waals surface area contributed by atoms with E-state index in [1.807, 2.05) is 4.90 Å². The molecule has 0 saturated carbocycles. The smallest absolute Gasteiger partial charge is 0.224 e. The maximum absolute atomic E-state index is 11.8. The van der Waals surface area contributed by atoms with Gasteiger partial charge in [-0.05, 0) is 19.3 Å². The Morgan fingerprint density at radius 3 is 2.43 bits per heavy atom. The van der Waals surface area contributed by atoms with Crippen molar-refractivity contribution < 1.29 is 9.53 Å². The van der Waals surface area contributed by atoms with E-state index in [-0.39, 0.29) is 11.4 Å². The van der Waals surface area contributed by atoms with E-state index >= 15 is 0 Å². The van der Waals surface area contributed by atoms with E-state index in [0.29, 0.717) is 19.6 Å². The number of ether oxygens (including phenoxy) is 1. The number of nitrogens with two attached hydrogens (primary N) is 1. The molecule has 0 bridgehead atoms. The second kappa shape index (κ2) is 3.87. The number of likely N-dealkylation sites (tertiary alicyclic amines) is 1. The van der Waals surface area contributed by atoms with Crippen LogP contribution in [0.4, 0.5) is 0 Å². The molecule has 0 spiro atoms. The molecule has 0 aromatic rings. The first-order valence-corrected chi connectivity index (χ1v) is 5.34. The van der Waals surface area contributed by atoms with Gasteiger partial charge in [0.25, 0.3) is 0 Å². The number of hydrogen-bond acceptors (Lipinski definition) is 3. The van der Waals surface area contributed by atoms with Gasteiger partial charge < -0.3 is 15.4 Å². The van der Waals surface area contributed by atoms with Crippen molar-refractivity contribution in [3.63, 3.8) is 0 Å². The van der Waals surface area contributed by atoms with E-state index in [2.05, 4.69) is 0 Å². The molecular weight excluding hydrogens is 180 g/mol. The molecule has 2 aliphatic rings. The summed E-state index contributed by atoms with van der Waals surface area (Å²) >= 11 is 0. The number of hydrogen-bond donors (Lipinski definition) is 1. The van der Waals surface area contributed by atoms with Gasteiger partial charge >= 0.3 is 0 Å². The molecule has 80 valence electrons. The first-order chi connectivity index (χ1) is 6.70. The lowest BCUT2D eigenvalue weighted by Gasteiger charge is -2.39. The predicted octanol–water partition coefficient (Wildman–Crippen LogP) is 0.117. The first-order valence-electron chi connectivity index (χ1n) is 5.34. The minimum atomic E-state index is -0.367. The van der Waals surface area contributed by atoms with E-state index in [1.165, 1.54) is 6.42 Å². The van der Waals surface area contributed by atoms with E-state index in [4.69, 9.17) is 10.5 Å². The van der Waals surface area contributed by atoms with E-state index in [0.717, 1.165) is 25.9 Å². The van der Waals surface area contributed by atoms with Crippen LogP contribution >= 0.6 is 0 Å². The van der Waals surface area contributed by atoms with Crippen LogP contribution in [0.1, 0.15) is 25.7 Å². The summed E-state index contributed by atoms with van der Waals surface area (Å²) < 4.78 is 5.03. The minimum Gasteiger partial charge on any atom is -0.377 e. The van der Waals surface area contributed by atoms with Crippen molar-refractivity contribution in [3.05, 3.63) is 0 Å². The van der Waals surface area contributed by atoms with Crippen molar-refractivity contribution in [2.75, 3.05) is 26.3 Å². The Labute approximate surface area is 84.4 Å². The second-order valence-electron chi connectivity index (χ2n) is 4.47. The van der Waals surface area contributed by atoms with Crippen molar-refractivity contribution >= 4 is 5.91 Å². The zero-order valence-corrected chi connectivity index (χ0v) is 8.50. The summed E-state index contributed by atoms with van der Waals surface area (Å²) in [6.45, 7) is 2.89. The molecule has 2 rings (SSSR count). The zero-order valence-electron chi connectivity index (χ0n) is 8.50. The quantitative estimate of drug-likeness (QED) is 0.685. The monoisotopic (exact) mass is 198 g/mol. The Hall–Kier alpha value is -0.610. The maximum Gasteiger partial charge on any atom is 0.224 e. The van der Waals surface area contributed by atoms with Gasteiger partial charge in [0.1, 0.15) is 0 Å². The molecule has 4 nitrogen and oxygen atoms in total. The molecule has 0 aromatic carbocycles. The summed E-state index contributed by atoms with van der Waals surface area (Å²) in [7, 11) is 0. The average molecular weight is 198 g/mol. The number of carbonyl (C=O) groups excluding carboxylic acids is 1. The van der Waals surface area contributed by atoms with Gasteiger partial charge in [-0.2, -0.15) is 0 Å². The largest absolute Gasteiger partial charge is 0.377 e. The zero-order chi connectivity index (χ0) is 10.0. The molecule has 0 aromatic heterocycles. The third-order valence-corrected chi connectivity index (χ3v) is 2.99. The number of nitrogens with zero attached hydrogens (tertiary/aromatic N) is 1. The molecule has 0 aliphatic carbocycles. The fraction of sp³-hybridized carbons (Fsp3) is 0.900. The van der Waals surface area contributed by atoms with Gasteiger partial charge in [0.2, 0.25) is 5.91 Å². The van der Waals surface area contributed by atoms with Crippen LogP contribution in [0.25, 0.3) is 0 Å². The Morgan fingerprint density at radius 1 is 1.29 bits per heavy atom. The lowest BCUT2D eigenvalue weighted by atomic mass is 9.93. The fourth-order valence-corrected chi connectivity index (χ4v) is 2.02.